The minimum atomic E-state index is -0.946. The Hall–Kier alpha value is -2.57. The molecule has 0 aliphatic heterocycles. The number of imide groups is 1. The lowest BCUT2D eigenvalue weighted by Crippen LogP contribution is -2.38. The second-order valence-electron chi connectivity index (χ2n) is 3.38. The van der Waals surface area contributed by atoms with Gasteiger partial charge in [-0.05, 0) is 12.1 Å². The zero-order chi connectivity index (χ0) is 13.5. The number of carbonyl (C=O) groups excluding carboxylic acids is 3. The van der Waals surface area contributed by atoms with E-state index in [1.54, 1.807) is 24.3 Å². The topological polar surface area (TPSA) is 111 Å². The second kappa shape index (κ2) is 6.24. The van der Waals surface area contributed by atoms with Crippen LogP contribution < -0.4 is 21.1 Å². The Morgan fingerprint density at radius 2 is 1.94 bits per heavy atom. The van der Waals surface area contributed by atoms with Crippen LogP contribution in [0.5, 0.6) is 5.75 Å². The third-order valence-corrected chi connectivity index (χ3v) is 1.82. The summed E-state index contributed by atoms with van der Waals surface area (Å²) in [4.78, 5) is 32.5. The quantitative estimate of drug-likeness (QED) is 0.710. The molecule has 0 aliphatic carbocycles. The van der Waals surface area contributed by atoms with Crippen LogP contribution in [0.2, 0.25) is 0 Å². The molecule has 0 bridgehead atoms. The van der Waals surface area contributed by atoms with Crippen LogP contribution >= 0.6 is 0 Å². The van der Waals surface area contributed by atoms with Gasteiger partial charge < -0.3 is 15.8 Å². The van der Waals surface area contributed by atoms with Crippen LogP contribution in [0.3, 0.4) is 0 Å². The van der Waals surface area contributed by atoms with Crippen LogP contribution in [-0.2, 0) is 9.59 Å². The van der Waals surface area contributed by atoms with Gasteiger partial charge in [0.25, 0.3) is 5.91 Å². The number of anilines is 1. The van der Waals surface area contributed by atoms with E-state index in [2.05, 4.69) is 5.32 Å². The molecule has 0 atom stereocenters. The van der Waals surface area contributed by atoms with Crippen molar-refractivity contribution in [1.82, 2.24) is 5.32 Å². The van der Waals surface area contributed by atoms with Gasteiger partial charge in [-0.2, -0.15) is 0 Å². The molecule has 4 amide bonds. The Morgan fingerprint density at radius 3 is 2.56 bits per heavy atom. The van der Waals surface area contributed by atoms with E-state index in [1.165, 1.54) is 6.92 Å². The van der Waals surface area contributed by atoms with Crippen LogP contribution in [0.1, 0.15) is 6.92 Å². The van der Waals surface area contributed by atoms with Gasteiger partial charge in [0.15, 0.2) is 6.61 Å². The van der Waals surface area contributed by atoms with Crippen LogP contribution in [0.25, 0.3) is 0 Å². The fourth-order valence-electron chi connectivity index (χ4n) is 1.20. The number of amides is 4. The fraction of sp³-hybridized carbons (Fsp3) is 0.182. The first-order chi connectivity index (χ1) is 8.49. The lowest BCUT2D eigenvalue weighted by atomic mass is 10.3. The van der Waals surface area contributed by atoms with Gasteiger partial charge >= 0.3 is 6.03 Å². The number of hydrogen-bond donors (Lipinski definition) is 3. The lowest BCUT2D eigenvalue weighted by Gasteiger charge is -2.10. The summed E-state index contributed by atoms with van der Waals surface area (Å²) in [5, 5.41) is 4.41. The predicted octanol–water partition coefficient (Wildman–Crippen LogP) is 0.219. The van der Waals surface area contributed by atoms with Gasteiger partial charge in [-0.15, -0.1) is 0 Å². The summed E-state index contributed by atoms with van der Waals surface area (Å²) in [5.41, 5.74) is 5.22. The minimum absolute atomic E-state index is 0.257. The normalized spacial score (nSPS) is 9.39. The van der Waals surface area contributed by atoms with E-state index in [9.17, 15) is 14.4 Å². The van der Waals surface area contributed by atoms with E-state index in [4.69, 9.17) is 10.5 Å². The highest BCUT2D eigenvalue weighted by Crippen LogP contribution is 2.23. The molecular formula is C11H13N3O4. The van der Waals surface area contributed by atoms with Crippen molar-refractivity contribution in [2.24, 2.45) is 5.73 Å². The van der Waals surface area contributed by atoms with Crippen LogP contribution in [0.4, 0.5) is 10.5 Å². The van der Waals surface area contributed by atoms with Gasteiger partial charge in [-0.25, -0.2) is 4.79 Å². The summed E-state index contributed by atoms with van der Waals surface area (Å²) in [6, 6.07) is 5.67. The first-order valence-electron chi connectivity index (χ1n) is 5.07. The summed E-state index contributed by atoms with van der Waals surface area (Å²) in [6.45, 7) is 0.982. The molecule has 0 radical (unpaired) electrons. The van der Waals surface area contributed by atoms with E-state index in [0.29, 0.717) is 11.4 Å². The molecule has 1 rings (SSSR count). The Bertz CT molecular complexity index is 473. The Morgan fingerprint density at radius 1 is 1.28 bits per heavy atom. The molecule has 96 valence electrons. The van der Waals surface area contributed by atoms with Crippen LogP contribution in [0, 0.1) is 0 Å². The van der Waals surface area contributed by atoms with Crippen molar-refractivity contribution in [3.05, 3.63) is 24.3 Å². The summed E-state index contributed by atoms with van der Waals surface area (Å²) < 4.78 is 5.17. The summed E-state index contributed by atoms with van der Waals surface area (Å²) in [7, 11) is 0. The van der Waals surface area contributed by atoms with Crippen molar-refractivity contribution in [2.75, 3.05) is 11.9 Å². The highest BCUT2D eigenvalue weighted by atomic mass is 16.5. The van der Waals surface area contributed by atoms with E-state index < -0.39 is 11.9 Å². The van der Waals surface area contributed by atoms with Gasteiger partial charge in [0.2, 0.25) is 5.91 Å². The number of benzene rings is 1. The molecule has 0 aliphatic rings. The van der Waals surface area contributed by atoms with Gasteiger partial charge in [-0.1, -0.05) is 12.1 Å². The number of ether oxygens (including phenoxy) is 1. The van der Waals surface area contributed by atoms with E-state index >= 15 is 0 Å². The molecular weight excluding hydrogens is 238 g/mol. The number of nitrogens with one attached hydrogen (secondary N) is 2. The summed E-state index contributed by atoms with van der Waals surface area (Å²) in [6.07, 6.45) is 0. The molecule has 0 unspecified atom stereocenters. The number of para-hydroxylation sites is 2. The first-order valence-corrected chi connectivity index (χ1v) is 5.07. The number of hydrogen-bond acceptors (Lipinski definition) is 4. The third kappa shape index (κ3) is 4.52. The maximum atomic E-state index is 11.1. The van der Waals surface area contributed by atoms with Crippen molar-refractivity contribution >= 4 is 23.5 Å². The minimum Gasteiger partial charge on any atom is -0.482 e. The van der Waals surface area contributed by atoms with Crippen molar-refractivity contribution < 1.29 is 19.1 Å². The second-order valence-corrected chi connectivity index (χ2v) is 3.38. The third-order valence-electron chi connectivity index (χ3n) is 1.82. The molecule has 0 saturated heterocycles. The van der Waals surface area contributed by atoms with Gasteiger partial charge in [0.1, 0.15) is 5.75 Å². The molecule has 0 aromatic heterocycles. The highest BCUT2D eigenvalue weighted by molar-refractivity contribution is 5.94. The SMILES string of the molecule is CC(=O)Nc1ccccc1OCC(=O)NC(N)=O. The molecule has 0 fully saturated rings. The average Bonchev–Trinajstić information content (AvgIpc) is 2.26. The number of primary amides is 1. The lowest BCUT2D eigenvalue weighted by molar-refractivity contribution is -0.121. The standard InChI is InChI=1S/C11H13N3O4/c1-7(15)13-8-4-2-3-5-9(8)18-6-10(16)14-11(12)17/h2-5H,6H2,1H3,(H,13,15)(H3,12,14,16,17). The van der Waals surface area contributed by atoms with Crippen molar-refractivity contribution in [3.63, 3.8) is 0 Å². The first kappa shape index (κ1) is 13.5. The van der Waals surface area contributed by atoms with Crippen molar-refractivity contribution in [2.45, 2.75) is 6.92 Å². The summed E-state index contributed by atoms with van der Waals surface area (Å²) >= 11 is 0. The fourth-order valence-corrected chi connectivity index (χ4v) is 1.20. The molecule has 0 spiro atoms. The average molecular weight is 251 g/mol. The number of nitrogens with two attached hydrogens (primary N) is 1. The van der Waals surface area contributed by atoms with Gasteiger partial charge in [0, 0.05) is 6.92 Å². The van der Waals surface area contributed by atoms with Gasteiger partial charge in [-0.3, -0.25) is 14.9 Å². The molecule has 0 heterocycles. The van der Waals surface area contributed by atoms with E-state index in [1.807, 2.05) is 5.32 Å². The zero-order valence-electron chi connectivity index (χ0n) is 9.73. The van der Waals surface area contributed by atoms with Crippen LogP contribution in [0.15, 0.2) is 24.3 Å². The highest BCUT2D eigenvalue weighted by Gasteiger charge is 2.08. The van der Waals surface area contributed by atoms with Crippen LogP contribution in [-0.4, -0.2) is 24.5 Å². The molecule has 4 N–H and O–H groups in total. The Labute approximate surface area is 103 Å². The van der Waals surface area contributed by atoms with Gasteiger partial charge in [0.05, 0.1) is 5.69 Å². The monoisotopic (exact) mass is 251 g/mol. The zero-order valence-corrected chi connectivity index (χ0v) is 9.73. The van der Waals surface area contributed by atoms with Crippen molar-refractivity contribution in [1.29, 1.82) is 0 Å². The molecule has 18 heavy (non-hydrogen) atoms. The smallest absolute Gasteiger partial charge is 0.318 e. The van der Waals surface area contributed by atoms with E-state index in [0.717, 1.165) is 0 Å². The number of urea groups is 1. The maximum Gasteiger partial charge on any atom is 0.318 e. The predicted molar refractivity (Wildman–Crippen MR) is 64.0 cm³/mol. The Balaban J connectivity index is 2.64. The molecule has 7 nitrogen and oxygen atoms in total. The molecule has 1 aromatic rings. The number of carbonyl (C=O) groups is 3. The Kier molecular flexibility index (Phi) is 4.67. The molecule has 1 aromatic carbocycles. The largest absolute Gasteiger partial charge is 0.482 e. The number of rotatable bonds is 4. The molecule has 0 saturated carbocycles. The van der Waals surface area contributed by atoms with Crippen molar-refractivity contribution in [3.8, 4) is 5.75 Å². The molecule has 7 heteroatoms. The van der Waals surface area contributed by atoms with E-state index in [-0.39, 0.29) is 12.5 Å². The maximum absolute atomic E-state index is 11.1. The summed E-state index contributed by atoms with van der Waals surface area (Å²) in [5.74, 6) is -0.597.